The highest BCUT2D eigenvalue weighted by Crippen LogP contribution is 2.14. The highest BCUT2D eigenvalue weighted by atomic mass is 35.5. The van der Waals surface area contributed by atoms with Gasteiger partial charge in [0.05, 0.1) is 11.4 Å². The predicted octanol–water partition coefficient (Wildman–Crippen LogP) is 2.93. The predicted molar refractivity (Wildman–Crippen MR) is 74.6 cm³/mol. The van der Waals surface area contributed by atoms with E-state index in [0.29, 0.717) is 0 Å². The van der Waals surface area contributed by atoms with Crippen molar-refractivity contribution in [2.45, 2.75) is 26.4 Å². The summed E-state index contributed by atoms with van der Waals surface area (Å²) in [4.78, 5) is 0. The Hall–Kier alpha value is -1.32. The highest BCUT2D eigenvalue weighted by molar-refractivity contribution is 6.31. The maximum absolute atomic E-state index is 6.11. The minimum absolute atomic E-state index is 0.770. The molecule has 1 aromatic carbocycles. The molecule has 2 aromatic rings. The van der Waals surface area contributed by atoms with Crippen LogP contribution >= 0.6 is 11.6 Å². The number of rotatable bonds is 5. The Morgan fingerprint density at radius 3 is 2.72 bits per heavy atom. The summed E-state index contributed by atoms with van der Waals surface area (Å²) in [6, 6.07) is 10.0. The highest BCUT2D eigenvalue weighted by Gasteiger charge is 2.04. The molecule has 1 aromatic heterocycles. The molecule has 0 aliphatic heterocycles. The number of hydrogen-bond donors (Lipinski definition) is 1. The molecule has 0 saturated heterocycles. The summed E-state index contributed by atoms with van der Waals surface area (Å²) in [5.41, 5.74) is 3.45. The molecule has 0 aliphatic carbocycles. The molecule has 0 radical (unpaired) electrons. The monoisotopic (exact) mass is 263 g/mol. The summed E-state index contributed by atoms with van der Waals surface area (Å²) in [5, 5.41) is 8.62. The Kier molecular flexibility index (Phi) is 4.39. The average molecular weight is 264 g/mol. The van der Waals surface area contributed by atoms with Crippen LogP contribution in [0, 0.1) is 0 Å². The van der Waals surface area contributed by atoms with E-state index < -0.39 is 0 Å². The minimum Gasteiger partial charge on any atom is -0.307 e. The number of halogens is 1. The van der Waals surface area contributed by atoms with Crippen molar-refractivity contribution < 1.29 is 0 Å². The topological polar surface area (TPSA) is 29.9 Å². The molecule has 3 nitrogen and oxygen atoms in total. The van der Waals surface area contributed by atoms with E-state index in [-0.39, 0.29) is 0 Å². The van der Waals surface area contributed by atoms with Crippen molar-refractivity contribution in [3.63, 3.8) is 0 Å². The smallest absolute Gasteiger partial charge is 0.0625 e. The van der Waals surface area contributed by atoms with Crippen molar-refractivity contribution in [1.82, 2.24) is 15.1 Å². The Balaban J connectivity index is 1.92. The van der Waals surface area contributed by atoms with Crippen molar-refractivity contribution in [1.29, 1.82) is 0 Å². The second-order valence-electron chi connectivity index (χ2n) is 4.30. The lowest BCUT2D eigenvalue weighted by Crippen LogP contribution is -2.15. The average Bonchev–Trinajstić information content (AvgIpc) is 2.73. The standard InChI is InChI=1S/C14H18ClN3/c1-3-12-8-13(18(2)17-12)10-16-9-11-6-4-5-7-14(11)15/h4-8,16H,3,9-10H2,1-2H3. The van der Waals surface area contributed by atoms with Crippen LogP contribution in [-0.4, -0.2) is 9.78 Å². The van der Waals surface area contributed by atoms with Crippen molar-refractivity contribution in [3.05, 3.63) is 52.3 Å². The summed E-state index contributed by atoms with van der Waals surface area (Å²) in [6.07, 6.45) is 0.971. The van der Waals surface area contributed by atoms with Gasteiger partial charge in [-0.3, -0.25) is 4.68 Å². The summed E-state index contributed by atoms with van der Waals surface area (Å²) < 4.78 is 1.93. The summed E-state index contributed by atoms with van der Waals surface area (Å²) in [5.74, 6) is 0. The maximum Gasteiger partial charge on any atom is 0.0625 e. The third-order valence-corrected chi connectivity index (χ3v) is 3.34. The first-order valence-corrected chi connectivity index (χ1v) is 6.54. The van der Waals surface area contributed by atoms with Crippen molar-refractivity contribution in [3.8, 4) is 0 Å². The molecule has 2 rings (SSSR count). The van der Waals surface area contributed by atoms with Gasteiger partial charge in [-0.15, -0.1) is 0 Å². The van der Waals surface area contributed by atoms with E-state index in [2.05, 4.69) is 23.4 Å². The molecule has 0 atom stereocenters. The fourth-order valence-electron chi connectivity index (χ4n) is 1.88. The second-order valence-corrected chi connectivity index (χ2v) is 4.71. The number of nitrogens with zero attached hydrogens (tertiary/aromatic N) is 2. The van der Waals surface area contributed by atoms with Gasteiger partial charge in [-0.1, -0.05) is 36.7 Å². The van der Waals surface area contributed by atoms with Gasteiger partial charge < -0.3 is 5.32 Å². The van der Waals surface area contributed by atoms with E-state index in [1.165, 1.54) is 5.69 Å². The number of nitrogens with one attached hydrogen (secondary N) is 1. The van der Waals surface area contributed by atoms with Crippen LogP contribution in [-0.2, 0) is 26.6 Å². The van der Waals surface area contributed by atoms with Gasteiger partial charge in [0.25, 0.3) is 0 Å². The number of aryl methyl sites for hydroxylation is 2. The van der Waals surface area contributed by atoms with Gasteiger partial charge >= 0.3 is 0 Å². The summed E-state index contributed by atoms with van der Waals surface area (Å²) in [6.45, 7) is 3.68. The molecule has 0 fully saturated rings. The largest absolute Gasteiger partial charge is 0.307 e. The van der Waals surface area contributed by atoms with E-state index in [1.54, 1.807) is 0 Å². The van der Waals surface area contributed by atoms with E-state index in [4.69, 9.17) is 11.6 Å². The van der Waals surface area contributed by atoms with Gasteiger partial charge in [0, 0.05) is 25.2 Å². The van der Waals surface area contributed by atoms with Crippen LogP contribution in [0.4, 0.5) is 0 Å². The third kappa shape index (κ3) is 3.12. The Morgan fingerprint density at radius 1 is 1.28 bits per heavy atom. The maximum atomic E-state index is 6.11. The van der Waals surface area contributed by atoms with Gasteiger partial charge in [0.15, 0.2) is 0 Å². The second kappa shape index (κ2) is 6.03. The first kappa shape index (κ1) is 13.1. The molecule has 18 heavy (non-hydrogen) atoms. The van der Waals surface area contributed by atoms with Crippen LogP contribution in [0.3, 0.4) is 0 Å². The fourth-order valence-corrected chi connectivity index (χ4v) is 2.08. The van der Waals surface area contributed by atoms with Crippen LogP contribution in [0.2, 0.25) is 5.02 Å². The molecule has 0 spiro atoms. The molecule has 0 amide bonds. The lowest BCUT2D eigenvalue weighted by atomic mass is 10.2. The Morgan fingerprint density at radius 2 is 2.06 bits per heavy atom. The summed E-state index contributed by atoms with van der Waals surface area (Å²) in [7, 11) is 1.98. The molecule has 0 aliphatic rings. The molecule has 4 heteroatoms. The van der Waals surface area contributed by atoms with Gasteiger partial charge in [-0.25, -0.2) is 0 Å². The van der Waals surface area contributed by atoms with Crippen LogP contribution in [0.5, 0.6) is 0 Å². The Bertz CT molecular complexity index is 520. The minimum atomic E-state index is 0.770. The Labute approximate surface area is 113 Å². The van der Waals surface area contributed by atoms with Crippen molar-refractivity contribution >= 4 is 11.6 Å². The molecular weight excluding hydrogens is 246 g/mol. The molecule has 1 heterocycles. The molecule has 0 unspecified atom stereocenters. The van der Waals surface area contributed by atoms with Crippen LogP contribution in [0.1, 0.15) is 23.9 Å². The van der Waals surface area contributed by atoms with E-state index >= 15 is 0 Å². The van der Waals surface area contributed by atoms with Crippen LogP contribution in [0.15, 0.2) is 30.3 Å². The van der Waals surface area contributed by atoms with Crippen molar-refractivity contribution in [2.24, 2.45) is 7.05 Å². The fraction of sp³-hybridized carbons (Fsp3) is 0.357. The normalized spacial score (nSPS) is 10.8. The lowest BCUT2D eigenvalue weighted by molar-refractivity contribution is 0.623. The lowest BCUT2D eigenvalue weighted by Gasteiger charge is -2.06. The van der Waals surface area contributed by atoms with Crippen molar-refractivity contribution in [2.75, 3.05) is 0 Å². The van der Waals surface area contributed by atoms with Gasteiger partial charge in [0.1, 0.15) is 0 Å². The first-order chi connectivity index (χ1) is 8.70. The van der Waals surface area contributed by atoms with Crippen LogP contribution < -0.4 is 5.32 Å². The molecule has 1 N–H and O–H groups in total. The van der Waals surface area contributed by atoms with Gasteiger partial charge in [0.2, 0.25) is 0 Å². The number of aromatic nitrogens is 2. The van der Waals surface area contributed by atoms with Gasteiger partial charge in [-0.05, 0) is 24.1 Å². The first-order valence-electron chi connectivity index (χ1n) is 6.16. The van der Waals surface area contributed by atoms with Crippen LogP contribution in [0.25, 0.3) is 0 Å². The van der Waals surface area contributed by atoms with E-state index in [0.717, 1.165) is 35.8 Å². The zero-order valence-electron chi connectivity index (χ0n) is 10.8. The SMILES string of the molecule is CCc1cc(CNCc2ccccc2Cl)n(C)n1. The number of hydrogen-bond acceptors (Lipinski definition) is 2. The van der Waals surface area contributed by atoms with Gasteiger partial charge in [-0.2, -0.15) is 5.10 Å². The zero-order chi connectivity index (χ0) is 13.0. The zero-order valence-corrected chi connectivity index (χ0v) is 11.5. The molecule has 0 saturated carbocycles. The summed E-state index contributed by atoms with van der Waals surface area (Å²) >= 11 is 6.11. The quantitative estimate of drug-likeness (QED) is 0.899. The van der Waals surface area contributed by atoms with E-state index in [9.17, 15) is 0 Å². The number of benzene rings is 1. The molecular formula is C14H18ClN3. The third-order valence-electron chi connectivity index (χ3n) is 2.97. The molecule has 0 bridgehead atoms. The molecule has 96 valence electrons. The van der Waals surface area contributed by atoms with E-state index in [1.807, 2.05) is 36.0 Å².